The molecule has 0 spiro atoms. The third-order valence-corrected chi connectivity index (χ3v) is 5.29. The lowest BCUT2D eigenvalue weighted by molar-refractivity contribution is -0.134. The summed E-state index contributed by atoms with van der Waals surface area (Å²) in [7, 11) is -2.28. The Labute approximate surface area is 159 Å². The highest BCUT2D eigenvalue weighted by atomic mass is 79.9. The van der Waals surface area contributed by atoms with Gasteiger partial charge in [-0.3, -0.25) is 4.79 Å². The predicted octanol–water partition coefficient (Wildman–Crippen LogP) is 2.83. The number of halogens is 2. The first-order valence-electron chi connectivity index (χ1n) is 7.56. The maximum absolute atomic E-state index is 13.7. The van der Waals surface area contributed by atoms with Gasteiger partial charge in [-0.05, 0) is 42.8 Å². The lowest BCUT2D eigenvalue weighted by Gasteiger charge is -2.25. The number of nitrogens with two attached hydrogens (primary N) is 1. The number of amides is 1. The molecule has 2 rings (SSSR count). The van der Waals surface area contributed by atoms with Crippen LogP contribution in [0.1, 0.15) is 18.5 Å². The molecule has 0 saturated heterocycles. The number of sulfonamides is 1. The van der Waals surface area contributed by atoms with Crippen LogP contribution in [0.25, 0.3) is 0 Å². The van der Waals surface area contributed by atoms with E-state index < -0.39 is 21.9 Å². The van der Waals surface area contributed by atoms with Crippen molar-refractivity contribution in [1.82, 2.24) is 4.90 Å². The summed E-state index contributed by atoms with van der Waals surface area (Å²) < 4.78 is 42.5. The minimum Gasteiger partial charge on any atom is -0.481 e. The highest BCUT2D eigenvalue weighted by Crippen LogP contribution is 2.23. The molecule has 6 nitrogen and oxygen atoms in total. The Hall–Kier alpha value is -1.97. The van der Waals surface area contributed by atoms with Crippen molar-refractivity contribution in [2.24, 2.45) is 5.14 Å². The van der Waals surface area contributed by atoms with Crippen LogP contribution in [0.15, 0.2) is 51.8 Å². The minimum absolute atomic E-state index is 0.0289. The normalized spacial score (nSPS) is 12.5. The van der Waals surface area contributed by atoms with Crippen LogP contribution in [-0.2, 0) is 14.8 Å². The van der Waals surface area contributed by atoms with Crippen molar-refractivity contribution >= 4 is 31.9 Å². The maximum Gasteiger partial charge on any atom is 0.260 e. The summed E-state index contributed by atoms with van der Waals surface area (Å²) in [6.45, 7) is 1.38. The Kier molecular flexibility index (Phi) is 6.38. The zero-order chi connectivity index (χ0) is 19.5. The van der Waals surface area contributed by atoms with Gasteiger partial charge >= 0.3 is 0 Å². The van der Waals surface area contributed by atoms with Crippen LogP contribution in [0, 0.1) is 5.82 Å². The van der Waals surface area contributed by atoms with Gasteiger partial charge in [0.05, 0.1) is 10.9 Å². The molecule has 0 aliphatic rings. The first kappa shape index (κ1) is 20.3. The lowest BCUT2D eigenvalue weighted by atomic mass is 10.1. The Morgan fingerprint density at radius 1 is 1.31 bits per heavy atom. The molecule has 0 bridgehead atoms. The number of likely N-dealkylation sites (N-methyl/N-ethyl adjacent to an activating group) is 1. The summed E-state index contributed by atoms with van der Waals surface area (Å²) in [5.74, 6) is -0.997. The number of ether oxygens (including phenoxy) is 1. The number of rotatable bonds is 6. The molecule has 2 N–H and O–H groups in total. The van der Waals surface area contributed by atoms with E-state index in [9.17, 15) is 17.6 Å². The van der Waals surface area contributed by atoms with E-state index in [0.717, 1.165) is 0 Å². The third-order valence-electron chi connectivity index (χ3n) is 3.89. The zero-order valence-electron chi connectivity index (χ0n) is 14.1. The van der Waals surface area contributed by atoms with Crippen molar-refractivity contribution in [3.05, 3.63) is 58.3 Å². The number of hydrogen-bond donors (Lipinski definition) is 1. The molecule has 0 saturated carbocycles. The zero-order valence-corrected chi connectivity index (χ0v) is 16.6. The number of benzene rings is 2. The summed E-state index contributed by atoms with van der Waals surface area (Å²) in [6, 6.07) is 9.88. The Morgan fingerprint density at radius 3 is 2.62 bits per heavy atom. The average Bonchev–Trinajstić information content (AvgIpc) is 2.58. The first-order valence-corrected chi connectivity index (χ1v) is 9.90. The van der Waals surface area contributed by atoms with Gasteiger partial charge in [-0.15, -0.1) is 0 Å². The van der Waals surface area contributed by atoms with E-state index in [2.05, 4.69) is 15.9 Å². The average molecular weight is 445 g/mol. The van der Waals surface area contributed by atoms with Crippen molar-refractivity contribution in [3.63, 3.8) is 0 Å². The largest absolute Gasteiger partial charge is 0.481 e. The van der Waals surface area contributed by atoms with Crippen LogP contribution in [-0.4, -0.2) is 32.9 Å². The summed E-state index contributed by atoms with van der Waals surface area (Å²) >= 11 is 3.14. The summed E-state index contributed by atoms with van der Waals surface area (Å²) in [4.78, 5) is 13.7. The maximum atomic E-state index is 13.7. The van der Waals surface area contributed by atoms with E-state index in [-0.39, 0.29) is 23.2 Å². The quantitative estimate of drug-likeness (QED) is 0.741. The fourth-order valence-corrected chi connectivity index (χ4v) is 3.13. The molecule has 0 heterocycles. The fourth-order valence-electron chi connectivity index (χ4n) is 2.22. The molecular formula is C17H18BrFN2O4S. The number of hydrogen-bond acceptors (Lipinski definition) is 4. The third kappa shape index (κ3) is 5.03. The van der Waals surface area contributed by atoms with Crippen molar-refractivity contribution < 1.29 is 22.3 Å². The number of nitrogens with zero attached hydrogens (tertiary/aromatic N) is 1. The second kappa shape index (κ2) is 8.15. The molecule has 2 aromatic rings. The Balaban J connectivity index is 2.07. The van der Waals surface area contributed by atoms with Crippen LogP contribution < -0.4 is 9.88 Å². The molecule has 0 aromatic heterocycles. The van der Waals surface area contributed by atoms with E-state index in [4.69, 9.17) is 9.88 Å². The molecule has 140 valence electrons. The molecule has 26 heavy (non-hydrogen) atoms. The second-order valence-corrected chi connectivity index (χ2v) is 8.14. The molecule has 0 radical (unpaired) electrons. The molecule has 2 aromatic carbocycles. The SMILES string of the molecule is CC(c1cccc(S(N)(=O)=O)c1)N(C)C(=O)COc1ccc(Br)cc1F. The van der Waals surface area contributed by atoms with Gasteiger partial charge in [0.2, 0.25) is 10.0 Å². The molecule has 9 heteroatoms. The fraction of sp³-hybridized carbons (Fsp3) is 0.235. The monoisotopic (exact) mass is 444 g/mol. The van der Waals surface area contributed by atoms with Crippen molar-refractivity contribution in [1.29, 1.82) is 0 Å². The van der Waals surface area contributed by atoms with Gasteiger partial charge in [-0.25, -0.2) is 17.9 Å². The smallest absolute Gasteiger partial charge is 0.260 e. The van der Waals surface area contributed by atoms with Crippen molar-refractivity contribution in [2.45, 2.75) is 17.9 Å². The van der Waals surface area contributed by atoms with Gasteiger partial charge in [-0.2, -0.15) is 0 Å². The minimum atomic E-state index is -3.83. The van der Waals surface area contributed by atoms with Gasteiger partial charge in [0.15, 0.2) is 18.2 Å². The second-order valence-electron chi connectivity index (χ2n) is 5.66. The molecular weight excluding hydrogens is 427 g/mol. The first-order chi connectivity index (χ1) is 12.1. The Morgan fingerprint density at radius 2 is 2.00 bits per heavy atom. The van der Waals surface area contributed by atoms with E-state index in [1.54, 1.807) is 32.2 Å². The number of primary sulfonamides is 1. The highest BCUT2D eigenvalue weighted by Gasteiger charge is 2.20. The number of carbonyl (C=O) groups is 1. The summed E-state index contributed by atoms with van der Waals surface area (Å²) in [6.07, 6.45) is 0. The molecule has 0 fully saturated rings. The van der Waals surface area contributed by atoms with Gasteiger partial charge in [0.25, 0.3) is 5.91 Å². The van der Waals surface area contributed by atoms with Crippen molar-refractivity contribution in [2.75, 3.05) is 13.7 Å². The summed E-state index contributed by atoms with van der Waals surface area (Å²) in [5.41, 5.74) is 0.599. The van der Waals surface area contributed by atoms with E-state index in [1.807, 2.05) is 0 Å². The topological polar surface area (TPSA) is 89.7 Å². The van der Waals surface area contributed by atoms with Crippen molar-refractivity contribution in [3.8, 4) is 5.75 Å². The van der Waals surface area contributed by atoms with Gasteiger partial charge in [0, 0.05) is 11.5 Å². The van der Waals surface area contributed by atoms with Crippen LogP contribution in [0.5, 0.6) is 5.75 Å². The summed E-state index contributed by atoms with van der Waals surface area (Å²) in [5, 5.41) is 5.13. The van der Waals surface area contributed by atoms with Crippen LogP contribution in [0.4, 0.5) is 4.39 Å². The van der Waals surface area contributed by atoms with Crippen LogP contribution in [0.2, 0.25) is 0 Å². The van der Waals surface area contributed by atoms with E-state index in [1.165, 1.54) is 29.2 Å². The van der Waals surface area contributed by atoms with Gasteiger partial charge < -0.3 is 9.64 Å². The van der Waals surface area contributed by atoms with E-state index in [0.29, 0.717) is 10.0 Å². The highest BCUT2D eigenvalue weighted by molar-refractivity contribution is 9.10. The Bertz CT molecular complexity index is 921. The molecule has 1 atom stereocenters. The number of carbonyl (C=O) groups excluding carboxylic acids is 1. The van der Waals surface area contributed by atoms with E-state index >= 15 is 0 Å². The molecule has 1 unspecified atom stereocenters. The predicted molar refractivity (Wildman–Crippen MR) is 98.6 cm³/mol. The molecule has 0 aliphatic carbocycles. The van der Waals surface area contributed by atoms with Gasteiger partial charge in [0.1, 0.15) is 0 Å². The van der Waals surface area contributed by atoms with Crippen LogP contribution in [0.3, 0.4) is 0 Å². The van der Waals surface area contributed by atoms with Gasteiger partial charge in [-0.1, -0.05) is 28.1 Å². The molecule has 1 amide bonds. The standard InChI is InChI=1S/C17H18BrFN2O4S/c1-11(12-4-3-5-14(8-12)26(20,23)24)21(2)17(22)10-25-16-7-6-13(18)9-15(16)19/h3-9,11H,10H2,1-2H3,(H2,20,23,24). The molecule has 0 aliphatic heterocycles. The lowest BCUT2D eigenvalue weighted by Crippen LogP contribution is -2.33. The van der Waals surface area contributed by atoms with Crippen LogP contribution >= 0.6 is 15.9 Å².